The second-order valence-electron chi connectivity index (χ2n) is 40.9. The van der Waals surface area contributed by atoms with E-state index in [4.69, 9.17) is 19.7 Å². The quantitative estimate of drug-likeness (QED) is 0.0685. The van der Waals surface area contributed by atoms with E-state index in [1.807, 2.05) is 126 Å². The highest BCUT2D eigenvalue weighted by atomic mass is 19.1. The molecule has 24 rings (SSSR count). The Balaban J connectivity index is 0.000000124. The molecule has 30 heteroatoms. The minimum atomic E-state index is -0.459. The largest absolute Gasteiger partial charge is 0.475 e. The zero-order valence-electron chi connectivity index (χ0n) is 82.8. The van der Waals surface area contributed by atoms with Crippen LogP contribution >= 0.6 is 0 Å². The molecule has 6 saturated heterocycles. The van der Waals surface area contributed by atoms with Gasteiger partial charge in [0.2, 0.25) is 41.3 Å². The van der Waals surface area contributed by atoms with E-state index in [0.717, 1.165) is 201 Å². The highest BCUT2D eigenvalue weighted by Crippen LogP contribution is 2.48. The average Bonchev–Trinajstić information content (AvgIpc) is 1.60. The van der Waals surface area contributed by atoms with Crippen molar-refractivity contribution in [3.05, 3.63) is 315 Å². The van der Waals surface area contributed by atoms with Crippen molar-refractivity contribution in [3.63, 3.8) is 0 Å². The number of benzene rings is 7. The number of rotatable bonds is 20. The summed E-state index contributed by atoms with van der Waals surface area (Å²) in [5.74, 6) is 3.30. The van der Waals surface area contributed by atoms with E-state index in [0.29, 0.717) is 135 Å². The van der Waals surface area contributed by atoms with Gasteiger partial charge < -0.3 is 34.1 Å². The number of halogens is 1. The number of anilines is 3. The summed E-state index contributed by atoms with van der Waals surface area (Å²) in [6.45, 7) is 20.8. The number of aromatic nitrogens is 10. The Morgan fingerprint density at radius 2 is 0.731 bits per heavy atom. The van der Waals surface area contributed by atoms with Crippen molar-refractivity contribution in [1.29, 1.82) is 0 Å². The number of hydrogen-bond acceptors (Lipinski definition) is 21. The maximum Gasteiger partial charge on any atom is 0.237 e. The first-order valence-electron chi connectivity index (χ1n) is 50.7. The third-order valence-electron chi connectivity index (χ3n) is 31.0. The first-order valence-corrected chi connectivity index (χ1v) is 50.7. The van der Waals surface area contributed by atoms with Crippen LogP contribution in [0.25, 0.3) is 50.9 Å². The molecule has 6 amide bonds. The van der Waals surface area contributed by atoms with Crippen LogP contribution in [0.4, 0.5) is 21.5 Å². The predicted octanol–water partition coefficient (Wildman–Crippen LogP) is 14.7. The van der Waals surface area contributed by atoms with Crippen LogP contribution in [0.15, 0.2) is 247 Å². The van der Waals surface area contributed by atoms with Crippen molar-refractivity contribution in [2.45, 2.75) is 111 Å². The fourth-order valence-electron chi connectivity index (χ4n) is 22.9. The lowest BCUT2D eigenvalue weighted by Gasteiger charge is -2.29. The van der Waals surface area contributed by atoms with E-state index in [1.165, 1.54) is 40.0 Å². The Bertz CT molecular complexity index is 7270. The maximum atomic E-state index is 14.1. The zero-order valence-corrected chi connectivity index (χ0v) is 82.8. The molecular formula is C115H117FN22O7. The predicted molar refractivity (Wildman–Crippen MR) is 557 cm³/mol. The van der Waals surface area contributed by atoms with Gasteiger partial charge in [-0.15, -0.1) is 0 Å². The number of nitrogens with zero attached hydrogens (tertiary/aromatic N) is 22. The topological polar surface area (TPSA) is 291 Å². The second kappa shape index (κ2) is 39.9. The summed E-state index contributed by atoms with van der Waals surface area (Å²) in [4.78, 5) is 141. The van der Waals surface area contributed by atoms with Crippen molar-refractivity contribution >= 4 is 86.4 Å². The number of ether oxygens (including phenoxy) is 1. The summed E-state index contributed by atoms with van der Waals surface area (Å²) < 4.78 is 22.7. The molecule has 5 aromatic heterocycles. The van der Waals surface area contributed by atoms with Crippen LogP contribution in [0.1, 0.15) is 150 Å². The van der Waals surface area contributed by atoms with Crippen LogP contribution in [-0.4, -0.2) is 255 Å². The van der Waals surface area contributed by atoms with Crippen molar-refractivity contribution in [3.8, 4) is 40.0 Å². The number of fused-ring (bicyclic) bond motifs is 3. The molecule has 29 nitrogen and oxygen atoms in total. The third kappa shape index (κ3) is 19.5. The van der Waals surface area contributed by atoms with E-state index in [9.17, 15) is 33.2 Å². The van der Waals surface area contributed by atoms with Crippen molar-refractivity contribution in [2.75, 3.05) is 133 Å². The van der Waals surface area contributed by atoms with Gasteiger partial charge in [-0.25, -0.2) is 29.3 Å². The summed E-state index contributed by atoms with van der Waals surface area (Å²) in [5, 5.41) is 8.76. The van der Waals surface area contributed by atoms with Crippen LogP contribution in [0.2, 0.25) is 0 Å². The minimum absolute atomic E-state index is 0.0298. The Labute approximate surface area is 842 Å². The van der Waals surface area contributed by atoms with Crippen LogP contribution in [0.3, 0.4) is 0 Å². The van der Waals surface area contributed by atoms with Gasteiger partial charge in [0.15, 0.2) is 17.5 Å². The molecule has 0 radical (unpaired) electrons. The van der Waals surface area contributed by atoms with Gasteiger partial charge in [-0.1, -0.05) is 109 Å². The van der Waals surface area contributed by atoms with Crippen molar-refractivity contribution in [2.24, 2.45) is 45.3 Å². The normalized spacial score (nSPS) is 20.8. The number of aryl methyl sites for hydroxylation is 4. The number of hydrogen-bond donors (Lipinski definition) is 0. The molecular weight excluding hydrogens is 1820 g/mol. The second-order valence-corrected chi connectivity index (χ2v) is 40.9. The molecule has 736 valence electrons. The Morgan fingerprint density at radius 1 is 0.379 bits per heavy atom. The molecule has 12 aliphatic heterocycles. The summed E-state index contributed by atoms with van der Waals surface area (Å²) in [5.41, 5.74) is 25.7. The lowest BCUT2D eigenvalue weighted by Crippen LogP contribution is -2.43. The fourth-order valence-corrected chi connectivity index (χ4v) is 22.9. The van der Waals surface area contributed by atoms with Gasteiger partial charge >= 0.3 is 0 Å². The fraction of sp³-hybridized carbons (Fsp3) is 0.348. The van der Waals surface area contributed by atoms with Gasteiger partial charge in [-0.3, -0.25) is 72.8 Å². The van der Waals surface area contributed by atoms with E-state index in [-0.39, 0.29) is 47.4 Å². The average molecular weight is 1940 g/mol. The molecule has 0 bridgehead atoms. The molecule has 0 N–H and O–H groups in total. The monoisotopic (exact) mass is 1940 g/mol. The lowest BCUT2D eigenvalue weighted by atomic mass is 9.85. The smallest absolute Gasteiger partial charge is 0.237 e. The van der Waals surface area contributed by atoms with Crippen molar-refractivity contribution < 1.29 is 37.9 Å². The van der Waals surface area contributed by atoms with E-state index in [2.05, 4.69) is 188 Å². The molecule has 3 spiro atoms. The third-order valence-corrected chi connectivity index (χ3v) is 31.0. The SMILES string of the molecule is CC(C)Oc1cc(C2=NCc3ccc(N4CC[C@]5(CCN(CC(=O)N6CC=C(c7ccc(-c8ncn(C)n8)cc7)CC6)C5)C4=O)cc32)ccn1.Cc1cnc(-c2ccc(C3=CCN(C(=O)CN4CC[C@]5(CCN(c6ccc7c(c6)C(c6ccnc(C)c6)=NC7)C5=O)C4)CC3)cc2)nc1.Cn1cnc(-c2ccc(C3=CCN(C(=O)CN4CC[C@]5(CCN(c6ccc7c(c6)C(c6ccc(F)cc6)=NC7)C5=O)C4)CC3)cc2)n1. The first-order chi connectivity index (χ1) is 70.4. The van der Waals surface area contributed by atoms with E-state index < -0.39 is 16.2 Å². The van der Waals surface area contributed by atoms with Crippen molar-refractivity contribution in [1.82, 2.24) is 78.9 Å². The first kappa shape index (κ1) is 94.7. The van der Waals surface area contributed by atoms with E-state index >= 15 is 0 Å². The Hall–Kier alpha value is -15.1. The van der Waals surface area contributed by atoms with E-state index in [1.54, 1.807) is 40.3 Å². The Kier molecular flexibility index (Phi) is 26.1. The highest BCUT2D eigenvalue weighted by molar-refractivity contribution is 6.18. The van der Waals surface area contributed by atoms with Gasteiger partial charge in [-0.05, 0) is 240 Å². The molecule has 0 aliphatic carbocycles. The molecule has 12 aliphatic rings. The van der Waals surface area contributed by atoms with Gasteiger partial charge in [-0.2, -0.15) is 10.2 Å². The molecule has 17 heterocycles. The Morgan fingerprint density at radius 3 is 1.09 bits per heavy atom. The number of carbonyl (C=O) groups is 6. The number of carbonyl (C=O) groups excluding carboxylic acids is 6. The number of aliphatic imine (C=N–C) groups is 3. The van der Waals surface area contributed by atoms with Gasteiger partial charge in [0, 0.05) is 196 Å². The summed E-state index contributed by atoms with van der Waals surface area (Å²) in [6, 6.07) is 58.0. The zero-order chi connectivity index (χ0) is 99.4. The summed E-state index contributed by atoms with van der Waals surface area (Å²) in [7, 11) is 3.72. The van der Waals surface area contributed by atoms with Crippen LogP contribution in [0.5, 0.6) is 5.88 Å². The molecule has 12 aromatic rings. The lowest BCUT2D eigenvalue weighted by molar-refractivity contribution is -0.133. The number of likely N-dealkylation sites (tertiary alicyclic amines) is 3. The van der Waals surface area contributed by atoms with Gasteiger partial charge in [0.25, 0.3) is 0 Å². The maximum absolute atomic E-state index is 14.1. The van der Waals surface area contributed by atoms with Gasteiger partial charge in [0.1, 0.15) is 18.5 Å². The standard InChI is InChI=1S/C39H42N8O3.C39H39N7O2.C37H36FN7O2/c1-26(2)50-34-20-30(10-15-40-34)36-33-21-32(9-8-31(33)22-41-36)47-19-14-39(38(47)49)13-18-45(24-39)23-35(48)46-16-11-28(12-17-46)27-4-6-29(7-5-27)37-42-25-44(3)43-37;1-26-21-42-37(43-22-26)30-5-3-28(4-6-30)29-10-15-45(16-11-29)35(47)24-44-17-12-39(25-44)13-18-46(38(39)48)33-8-7-32-23-41-36(34(32)20-33)31-9-14-40-27(2)19-31;1-42-24-40-35(41-42)28-4-2-25(3-5-28)26-12-16-44(17-13-26)33(46)22-43-18-14-37(23-43)15-19-45(36(37)47)31-11-8-29-21-39-34(32(29)20-31)27-6-9-30(38)10-7-27/h4-11,15,20-21,25-26H,12-14,16-19,22-24H2,1-3H3;3-10,14,19-22H,11-13,15-18,23-25H2,1-2H3;2-12,20,24H,13-19,21-23H2,1H3/t2*39-;37-/m000/s1. The van der Waals surface area contributed by atoms with Gasteiger partial charge in [0.05, 0.1) is 78.8 Å². The molecule has 6 fully saturated rings. The number of pyridine rings is 2. The molecule has 0 saturated carbocycles. The summed E-state index contributed by atoms with van der Waals surface area (Å²) >= 11 is 0. The van der Waals surface area contributed by atoms with Crippen LogP contribution in [-0.2, 0) is 62.5 Å². The molecule has 0 unspecified atom stereocenters. The molecule has 7 aromatic carbocycles. The minimum Gasteiger partial charge on any atom is -0.475 e. The van der Waals surface area contributed by atoms with Crippen LogP contribution < -0.4 is 19.4 Å². The summed E-state index contributed by atoms with van der Waals surface area (Å²) in [6.07, 6.45) is 24.3. The molecule has 145 heavy (non-hydrogen) atoms. The molecule has 3 atom stereocenters. The highest BCUT2D eigenvalue weighted by Gasteiger charge is 2.55. The number of amides is 6. The van der Waals surface area contributed by atoms with Crippen LogP contribution in [0, 0.1) is 35.9 Å².